The molecule has 0 radical (unpaired) electrons. The number of ether oxygens (including phenoxy) is 1. The van der Waals surface area contributed by atoms with Gasteiger partial charge in [0.05, 0.1) is 5.69 Å². The van der Waals surface area contributed by atoms with Crippen LogP contribution in [0.5, 0.6) is 5.75 Å². The van der Waals surface area contributed by atoms with Crippen LogP contribution in [0.15, 0.2) is 36.5 Å². The van der Waals surface area contributed by atoms with Gasteiger partial charge in [-0.15, -0.1) is 0 Å². The molecule has 1 aromatic heterocycles. The first-order valence-corrected chi connectivity index (χ1v) is 6.88. The molecule has 1 atom stereocenters. The van der Waals surface area contributed by atoms with Crippen LogP contribution in [0, 0.1) is 0 Å². The Morgan fingerprint density at radius 2 is 2.00 bits per heavy atom. The van der Waals surface area contributed by atoms with Gasteiger partial charge in [-0.05, 0) is 50.6 Å². The number of nitrogens with zero attached hydrogens (tertiary/aromatic N) is 2. The van der Waals surface area contributed by atoms with E-state index in [4.69, 9.17) is 4.74 Å². The topological polar surface area (TPSA) is 44.1 Å². The molecular formula is C16H20N2O2. The molecule has 0 fully saturated rings. The lowest BCUT2D eigenvalue weighted by molar-refractivity contribution is 0.101. The van der Waals surface area contributed by atoms with Gasteiger partial charge in [0.15, 0.2) is 5.78 Å². The average molecular weight is 272 g/mol. The molecule has 2 aromatic rings. The van der Waals surface area contributed by atoms with Crippen LogP contribution < -0.4 is 4.74 Å². The van der Waals surface area contributed by atoms with Crippen LogP contribution in [-0.4, -0.2) is 15.6 Å². The van der Waals surface area contributed by atoms with Gasteiger partial charge in [0.1, 0.15) is 12.4 Å². The monoisotopic (exact) mass is 272 g/mol. The molecule has 4 nitrogen and oxygen atoms in total. The van der Waals surface area contributed by atoms with Crippen molar-refractivity contribution in [2.24, 2.45) is 0 Å². The summed E-state index contributed by atoms with van der Waals surface area (Å²) in [5.41, 5.74) is 1.60. The summed E-state index contributed by atoms with van der Waals surface area (Å²) in [6, 6.07) is 9.53. The van der Waals surface area contributed by atoms with E-state index in [9.17, 15) is 4.79 Å². The summed E-state index contributed by atoms with van der Waals surface area (Å²) in [4.78, 5) is 11.2. The molecule has 0 aliphatic heterocycles. The largest absolute Gasteiger partial charge is 0.487 e. The summed E-state index contributed by atoms with van der Waals surface area (Å²) >= 11 is 0. The summed E-state index contributed by atoms with van der Waals surface area (Å²) in [6.07, 6.45) is 3.03. The molecule has 0 saturated carbocycles. The summed E-state index contributed by atoms with van der Waals surface area (Å²) < 4.78 is 7.62. The Kier molecular flexibility index (Phi) is 4.56. The fourth-order valence-corrected chi connectivity index (χ4v) is 1.83. The lowest BCUT2D eigenvalue weighted by Crippen LogP contribution is -2.05. The molecule has 20 heavy (non-hydrogen) atoms. The van der Waals surface area contributed by atoms with E-state index in [2.05, 4.69) is 18.9 Å². The molecule has 0 spiro atoms. The Labute approximate surface area is 119 Å². The Morgan fingerprint density at radius 3 is 2.60 bits per heavy atom. The Bertz CT molecular complexity index is 572. The maximum Gasteiger partial charge on any atom is 0.159 e. The molecule has 0 saturated heterocycles. The van der Waals surface area contributed by atoms with Crippen LogP contribution in [0.25, 0.3) is 0 Å². The normalized spacial score (nSPS) is 12.2. The zero-order chi connectivity index (χ0) is 14.5. The van der Waals surface area contributed by atoms with E-state index in [1.165, 1.54) is 0 Å². The maximum atomic E-state index is 11.2. The first kappa shape index (κ1) is 14.3. The molecule has 106 valence electrons. The van der Waals surface area contributed by atoms with Gasteiger partial charge in [-0.25, -0.2) is 0 Å². The van der Waals surface area contributed by atoms with Crippen LogP contribution in [0.3, 0.4) is 0 Å². The molecule has 0 N–H and O–H groups in total. The third-order valence-electron chi connectivity index (χ3n) is 3.35. The number of carbonyl (C=O) groups is 1. The van der Waals surface area contributed by atoms with Gasteiger partial charge < -0.3 is 4.74 Å². The lowest BCUT2D eigenvalue weighted by atomic mass is 10.1. The highest BCUT2D eigenvalue weighted by atomic mass is 16.5. The number of aromatic nitrogens is 2. The second-order valence-corrected chi connectivity index (χ2v) is 4.91. The summed E-state index contributed by atoms with van der Waals surface area (Å²) in [5, 5.41) is 4.48. The number of benzene rings is 1. The van der Waals surface area contributed by atoms with Crippen molar-refractivity contribution < 1.29 is 9.53 Å². The van der Waals surface area contributed by atoms with E-state index < -0.39 is 0 Å². The van der Waals surface area contributed by atoms with Crippen LogP contribution in [0.2, 0.25) is 0 Å². The van der Waals surface area contributed by atoms with Gasteiger partial charge in [-0.1, -0.05) is 6.92 Å². The van der Waals surface area contributed by atoms with Crippen molar-refractivity contribution in [2.75, 3.05) is 0 Å². The molecule has 1 unspecified atom stereocenters. The van der Waals surface area contributed by atoms with Crippen molar-refractivity contribution in [1.29, 1.82) is 0 Å². The van der Waals surface area contributed by atoms with Crippen molar-refractivity contribution >= 4 is 5.78 Å². The summed E-state index contributed by atoms with van der Waals surface area (Å²) in [7, 11) is 0. The molecule has 2 rings (SSSR count). The predicted molar refractivity (Wildman–Crippen MR) is 78.0 cm³/mol. The third-order valence-corrected chi connectivity index (χ3v) is 3.35. The molecule has 0 bridgehead atoms. The smallest absolute Gasteiger partial charge is 0.159 e. The standard InChI is InChI=1S/C16H20N2O2/c1-4-12(2)18-10-9-15(17-18)11-20-16-7-5-14(6-8-16)13(3)19/h5-10,12H,4,11H2,1-3H3. The fraction of sp³-hybridized carbons (Fsp3) is 0.375. The highest BCUT2D eigenvalue weighted by Gasteiger charge is 2.05. The van der Waals surface area contributed by atoms with Gasteiger partial charge in [0, 0.05) is 17.8 Å². The van der Waals surface area contributed by atoms with Crippen molar-refractivity contribution in [3.63, 3.8) is 0 Å². The van der Waals surface area contributed by atoms with Crippen LogP contribution in [0.4, 0.5) is 0 Å². The van der Waals surface area contributed by atoms with Gasteiger partial charge in [-0.2, -0.15) is 5.10 Å². The number of rotatable bonds is 6. The number of hydrogen-bond acceptors (Lipinski definition) is 3. The summed E-state index contributed by atoms with van der Waals surface area (Å²) in [5.74, 6) is 0.803. The zero-order valence-corrected chi connectivity index (χ0v) is 12.2. The molecule has 0 amide bonds. The van der Waals surface area contributed by atoms with Gasteiger partial charge >= 0.3 is 0 Å². The highest BCUT2D eigenvalue weighted by Crippen LogP contribution is 2.15. The molecule has 0 aliphatic rings. The maximum absolute atomic E-state index is 11.2. The van der Waals surface area contributed by atoms with Crippen molar-refractivity contribution in [3.8, 4) is 5.75 Å². The molecule has 1 aromatic carbocycles. The van der Waals surface area contributed by atoms with E-state index in [1.807, 2.05) is 29.1 Å². The second-order valence-electron chi connectivity index (χ2n) is 4.91. The SMILES string of the molecule is CCC(C)n1ccc(COc2ccc(C(C)=O)cc2)n1. The highest BCUT2D eigenvalue weighted by molar-refractivity contribution is 5.94. The Balaban J connectivity index is 1.94. The minimum Gasteiger partial charge on any atom is -0.487 e. The Hall–Kier alpha value is -2.10. The van der Waals surface area contributed by atoms with E-state index in [0.717, 1.165) is 17.9 Å². The first-order chi connectivity index (χ1) is 9.60. The quantitative estimate of drug-likeness (QED) is 0.754. The summed E-state index contributed by atoms with van der Waals surface area (Å²) in [6.45, 7) is 6.26. The lowest BCUT2D eigenvalue weighted by Gasteiger charge is -2.08. The Morgan fingerprint density at radius 1 is 1.30 bits per heavy atom. The number of ketones is 1. The van der Waals surface area contributed by atoms with Crippen LogP contribution in [0.1, 0.15) is 49.3 Å². The van der Waals surface area contributed by atoms with E-state index in [-0.39, 0.29) is 5.78 Å². The van der Waals surface area contributed by atoms with Crippen LogP contribution in [-0.2, 0) is 6.61 Å². The van der Waals surface area contributed by atoms with Crippen molar-refractivity contribution in [2.45, 2.75) is 39.8 Å². The van der Waals surface area contributed by atoms with Gasteiger partial charge in [-0.3, -0.25) is 9.48 Å². The van der Waals surface area contributed by atoms with Crippen molar-refractivity contribution in [3.05, 3.63) is 47.8 Å². The minimum absolute atomic E-state index is 0.0591. The molecule has 0 aliphatic carbocycles. The second kappa shape index (κ2) is 6.37. The van der Waals surface area contributed by atoms with E-state index >= 15 is 0 Å². The van der Waals surface area contributed by atoms with Crippen molar-refractivity contribution in [1.82, 2.24) is 9.78 Å². The van der Waals surface area contributed by atoms with Gasteiger partial charge in [0.2, 0.25) is 0 Å². The number of Topliss-reactive ketones (excluding diaryl/α,β-unsaturated/α-hetero) is 1. The van der Waals surface area contributed by atoms with E-state index in [0.29, 0.717) is 18.2 Å². The predicted octanol–water partition coefficient (Wildman–Crippen LogP) is 3.64. The third kappa shape index (κ3) is 3.47. The minimum atomic E-state index is 0.0591. The van der Waals surface area contributed by atoms with Crippen LogP contribution >= 0.6 is 0 Å². The zero-order valence-electron chi connectivity index (χ0n) is 12.2. The molecular weight excluding hydrogens is 252 g/mol. The number of carbonyl (C=O) groups excluding carboxylic acids is 1. The fourth-order valence-electron chi connectivity index (χ4n) is 1.83. The van der Waals surface area contributed by atoms with Gasteiger partial charge in [0.25, 0.3) is 0 Å². The number of hydrogen-bond donors (Lipinski definition) is 0. The average Bonchev–Trinajstić information content (AvgIpc) is 2.93. The first-order valence-electron chi connectivity index (χ1n) is 6.88. The molecule has 4 heteroatoms. The van der Waals surface area contributed by atoms with E-state index in [1.54, 1.807) is 19.1 Å². The molecule has 1 heterocycles.